The van der Waals surface area contributed by atoms with Crippen LogP contribution in [0.4, 0.5) is 10.2 Å². The second-order valence-corrected chi connectivity index (χ2v) is 16.0. The summed E-state index contributed by atoms with van der Waals surface area (Å²) in [6.45, 7) is 9.01. The third kappa shape index (κ3) is 7.09. The van der Waals surface area contributed by atoms with E-state index in [0.29, 0.717) is 6.54 Å². The van der Waals surface area contributed by atoms with Crippen molar-refractivity contribution in [1.29, 1.82) is 0 Å². The van der Waals surface area contributed by atoms with Crippen molar-refractivity contribution < 1.29 is 9.19 Å². The molecule has 194 valence electrons. The van der Waals surface area contributed by atoms with E-state index in [4.69, 9.17) is 4.98 Å². The number of nitrogens with one attached hydrogen (secondary N) is 2. The summed E-state index contributed by atoms with van der Waals surface area (Å²) in [5, 5.41) is 4.18. The number of pyridine rings is 1. The summed E-state index contributed by atoms with van der Waals surface area (Å²) in [6, 6.07) is 20.6. The molecule has 0 amide bonds. The maximum atomic E-state index is 13.6. The fraction of sp³-hybridized carbons (Fsp3) is 0.310. The van der Waals surface area contributed by atoms with Gasteiger partial charge in [-0.1, -0.05) is 55.9 Å². The number of nitrogens with zero attached hydrogens (tertiary/aromatic N) is 2. The molecule has 0 unspecified atom stereocenters. The van der Waals surface area contributed by atoms with Gasteiger partial charge in [0.1, 0.15) is 11.6 Å². The summed E-state index contributed by atoms with van der Waals surface area (Å²) in [4.78, 5) is 23.5. The van der Waals surface area contributed by atoms with Gasteiger partial charge in [0.25, 0.3) is 0 Å². The molecule has 0 radical (unpaired) electrons. The van der Waals surface area contributed by atoms with Gasteiger partial charge < -0.3 is 15.1 Å². The summed E-state index contributed by atoms with van der Waals surface area (Å²) in [5.74, 6) is 1.39. The highest BCUT2D eigenvalue weighted by atomic mass is 32.2. The van der Waals surface area contributed by atoms with Gasteiger partial charge in [0.2, 0.25) is 0 Å². The lowest BCUT2D eigenvalue weighted by Crippen LogP contribution is -2.38. The predicted molar refractivity (Wildman–Crippen MR) is 155 cm³/mol. The molecule has 0 saturated heterocycles. The van der Waals surface area contributed by atoms with Gasteiger partial charge in [-0.05, 0) is 72.9 Å². The summed E-state index contributed by atoms with van der Waals surface area (Å²) >= 11 is 1.67. The van der Waals surface area contributed by atoms with Gasteiger partial charge in [0.05, 0.1) is 11.4 Å². The SMILES string of the molecule is CC(C)(CCCSc1nc(-c2ccc(F)cc2)c(-c2ccnc(NCc3ccccc3)c2)[nH]1)[Si](C)(C)O. The Hall–Kier alpha value is -2.94. The summed E-state index contributed by atoms with van der Waals surface area (Å²) in [7, 11) is -2.22. The number of hydrogen-bond acceptors (Lipinski definition) is 5. The van der Waals surface area contributed by atoms with Crippen LogP contribution in [0, 0.1) is 5.82 Å². The number of aromatic nitrogens is 3. The Morgan fingerprint density at radius 2 is 1.76 bits per heavy atom. The van der Waals surface area contributed by atoms with Crippen molar-refractivity contribution in [3.05, 3.63) is 84.3 Å². The van der Waals surface area contributed by atoms with Crippen LogP contribution in [-0.2, 0) is 6.54 Å². The number of rotatable bonds is 11. The Morgan fingerprint density at radius 1 is 1.03 bits per heavy atom. The maximum absolute atomic E-state index is 13.6. The fourth-order valence-electron chi connectivity index (χ4n) is 3.91. The molecule has 0 fully saturated rings. The lowest BCUT2D eigenvalue weighted by atomic mass is 10.1. The quantitative estimate of drug-likeness (QED) is 0.104. The van der Waals surface area contributed by atoms with Gasteiger partial charge >= 0.3 is 0 Å². The van der Waals surface area contributed by atoms with E-state index in [-0.39, 0.29) is 10.9 Å². The lowest BCUT2D eigenvalue weighted by Gasteiger charge is -2.35. The number of aromatic amines is 1. The third-order valence-corrected chi connectivity index (χ3v) is 11.5. The zero-order valence-electron chi connectivity index (χ0n) is 21.9. The van der Waals surface area contributed by atoms with E-state index in [0.717, 1.165) is 52.1 Å². The second kappa shape index (κ2) is 11.6. The molecule has 0 bridgehead atoms. The molecule has 0 spiro atoms. The molecule has 37 heavy (non-hydrogen) atoms. The molecule has 0 saturated carbocycles. The second-order valence-electron chi connectivity index (χ2n) is 10.4. The fourth-order valence-corrected chi connectivity index (χ4v) is 5.51. The van der Waals surface area contributed by atoms with E-state index in [1.165, 1.54) is 17.7 Å². The van der Waals surface area contributed by atoms with Crippen LogP contribution in [0.15, 0.2) is 78.1 Å². The van der Waals surface area contributed by atoms with E-state index < -0.39 is 8.32 Å². The monoisotopic (exact) mass is 534 g/mol. The number of benzene rings is 2. The molecule has 5 nitrogen and oxygen atoms in total. The zero-order valence-corrected chi connectivity index (χ0v) is 23.7. The molecule has 8 heteroatoms. The van der Waals surface area contributed by atoms with Crippen LogP contribution in [0.2, 0.25) is 18.1 Å². The highest BCUT2D eigenvalue weighted by Crippen LogP contribution is 2.40. The first-order valence-electron chi connectivity index (χ1n) is 12.6. The number of halogens is 1. The van der Waals surface area contributed by atoms with Gasteiger partial charge in [-0.3, -0.25) is 0 Å². The predicted octanol–water partition coefficient (Wildman–Crippen LogP) is 7.74. The number of thioether (sulfide) groups is 1. The molecule has 4 rings (SSSR count). The van der Waals surface area contributed by atoms with Crippen LogP contribution < -0.4 is 5.32 Å². The summed E-state index contributed by atoms with van der Waals surface area (Å²) in [5.41, 5.74) is 4.65. The van der Waals surface area contributed by atoms with Gasteiger partial charge in [-0.25, -0.2) is 14.4 Å². The minimum Gasteiger partial charge on any atom is -0.432 e. The molecule has 3 N–H and O–H groups in total. The Kier molecular flexibility index (Phi) is 8.52. The molecule has 2 aromatic carbocycles. The molecule has 0 atom stereocenters. The standard InChI is InChI=1S/C29H35FN4OSSi/c1-29(2,37(3,4)35)16-8-18-36-28-33-26(22-11-13-24(30)14-12-22)27(34-28)23-15-17-31-25(19-23)32-20-21-9-6-5-7-10-21/h5-7,9-15,17,19,35H,8,16,18,20H2,1-4H3,(H,31,32)(H,33,34). The van der Waals surface area contributed by atoms with Crippen molar-refractivity contribution >= 4 is 25.9 Å². The Morgan fingerprint density at radius 3 is 2.46 bits per heavy atom. The Labute approximate surface area is 224 Å². The van der Waals surface area contributed by atoms with Gasteiger partial charge in [0.15, 0.2) is 13.5 Å². The van der Waals surface area contributed by atoms with E-state index in [9.17, 15) is 9.19 Å². The highest BCUT2D eigenvalue weighted by Gasteiger charge is 2.37. The van der Waals surface area contributed by atoms with E-state index >= 15 is 0 Å². The van der Waals surface area contributed by atoms with Crippen LogP contribution in [-0.4, -0.2) is 33.8 Å². The van der Waals surface area contributed by atoms with Crippen molar-refractivity contribution in [3.8, 4) is 22.5 Å². The normalized spacial score (nSPS) is 12.1. The topological polar surface area (TPSA) is 73.8 Å². The van der Waals surface area contributed by atoms with E-state index in [1.54, 1.807) is 30.1 Å². The molecule has 2 heterocycles. The summed E-state index contributed by atoms with van der Waals surface area (Å²) < 4.78 is 13.6. The van der Waals surface area contributed by atoms with Crippen molar-refractivity contribution in [1.82, 2.24) is 15.0 Å². The lowest BCUT2D eigenvalue weighted by molar-refractivity contribution is 0.449. The van der Waals surface area contributed by atoms with Crippen molar-refractivity contribution in [2.75, 3.05) is 11.1 Å². The first kappa shape index (κ1) is 27.1. The molecule has 2 aromatic heterocycles. The van der Waals surface area contributed by atoms with Crippen molar-refractivity contribution in [2.24, 2.45) is 0 Å². The maximum Gasteiger partial charge on any atom is 0.188 e. The number of imidazole rings is 1. The van der Waals surface area contributed by atoms with Crippen molar-refractivity contribution in [3.63, 3.8) is 0 Å². The number of hydrogen-bond donors (Lipinski definition) is 3. The molecule has 4 aromatic rings. The molecular weight excluding hydrogens is 499 g/mol. The van der Waals surface area contributed by atoms with Crippen LogP contribution in [0.1, 0.15) is 32.3 Å². The minimum atomic E-state index is -2.22. The molecular formula is C29H35FN4OSSi. The third-order valence-electron chi connectivity index (χ3n) is 7.01. The molecule has 0 aliphatic rings. The number of anilines is 1. The van der Waals surface area contributed by atoms with E-state index in [2.05, 4.69) is 41.3 Å². The van der Waals surface area contributed by atoms with Crippen molar-refractivity contribution in [2.45, 2.75) is 56.5 Å². The van der Waals surface area contributed by atoms with E-state index in [1.807, 2.05) is 43.4 Å². The highest BCUT2D eigenvalue weighted by molar-refractivity contribution is 7.99. The summed E-state index contributed by atoms with van der Waals surface area (Å²) in [6.07, 6.45) is 3.74. The minimum absolute atomic E-state index is 0.0403. The zero-order chi connectivity index (χ0) is 26.5. The molecule has 0 aliphatic heterocycles. The van der Waals surface area contributed by atoms with Gasteiger partial charge in [-0.2, -0.15) is 0 Å². The van der Waals surface area contributed by atoms with Crippen LogP contribution in [0.5, 0.6) is 0 Å². The average molecular weight is 535 g/mol. The Bertz CT molecular complexity index is 1300. The number of H-pyrrole nitrogens is 1. The van der Waals surface area contributed by atoms with Gasteiger partial charge in [-0.15, -0.1) is 0 Å². The molecule has 0 aliphatic carbocycles. The van der Waals surface area contributed by atoms with Crippen LogP contribution >= 0.6 is 11.8 Å². The van der Waals surface area contributed by atoms with Gasteiger partial charge in [0, 0.05) is 29.6 Å². The first-order chi connectivity index (χ1) is 17.6. The van der Waals surface area contributed by atoms with Crippen LogP contribution in [0.25, 0.3) is 22.5 Å². The smallest absolute Gasteiger partial charge is 0.188 e. The first-order valence-corrected chi connectivity index (χ1v) is 16.5. The largest absolute Gasteiger partial charge is 0.432 e. The van der Waals surface area contributed by atoms with Crippen LogP contribution in [0.3, 0.4) is 0 Å². The average Bonchev–Trinajstić information content (AvgIpc) is 3.30. The Balaban J connectivity index is 1.54.